The summed E-state index contributed by atoms with van der Waals surface area (Å²) in [5.41, 5.74) is 1.07. The van der Waals surface area contributed by atoms with Crippen molar-refractivity contribution in [2.24, 2.45) is 0 Å². The number of rotatable bonds is 3. The van der Waals surface area contributed by atoms with E-state index in [0.717, 1.165) is 24.4 Å². The normalized spacial score (nSPS) is 10.5. The predicted molar refractivity (Wildman–Crippen MR) is 81.9 cm³/mol. The van der Waals surface area contributed by atoms with Gasteiger partial charge in [-0.3, -0.25) is 0 Å². The van der Waals surface area contributed by atoms with Crippen molar-refractivity contribution >= 4 is 49.6 Å². The molecule has 98 valence electrons. The fourth-order valence-corrected chi connectivity index (χ4v) is 3.51. The standard InChI is InChI=1S/C13H9Br2NO2S/c1-7-2-3-9(5-10(7)13(17)18)19-12-11(15)4-8(14)6-16-12/h2-6H,1H3,(H,17,18). The third-order valence-electron chi connectivity index (χ3n) is 2.43. The molecule has 6 heteroatoms. The Bertz CT molecular complexity index is 647. The molecule has 1 heterocycles. The van der Waals surface area contributed by atoms with Gasteiger partial charge in [0, 0.05) is 15.6 Å². The molecular weight excluding hydrogens is 394 g/mol. The maximum Gasteiger partial charge on any atom is 0.335 e. The topological polar surface area (TPSA) is 50.2 Å². The molecule has 2 aromatic rings. The van der Waals surface area contributed by atoms with Crippen LogP contribution in [0.1, 0.15) is 15.9 Å². The number of aryl methyl sites for hydroxylation is 1. The zero-order chi connectivity index (χ0) is 14.0. The number of aromatic nitrogens is 1. The van der Waals surface area contributed by atoms with E-state index in [4.69, 9.17) is 5.11 Å². The van der Waals surface area contributed by atoms with Gasteiger partial charge in [-0.25, -0.2) is 9.78 Å². The molecule has 0 spiro atoms. The highest BCUT2D eigenvalue weighted by molar-refractivity contribution is 9.11. The number of carbonyl (C=O) groups is 1. The quantitative estimate of drug-likeness (QED) is 0.803. The molecule has 0 radical (unpaired) electrons. The Morgan fingerprint density at radius 2 is 2.05 bits per heavy atom. The van der Waals surface area contributed by atoms with Crippen LogP contribution in [0, 0.1) is 6.92 Å². The van der Waals surface area contributed by atoms with E-state index in [9.17, 15) is 4.79 Å². The number of halogens is 2. The summed E-state index contributed by atoms with van der Waals surface area (Å²) in [4.78, 5) is 16.2. The van der Waals surface area contributed by atoms with Crippen molar-refractivity contribution in [3.8, 4) is 0 Å². The predicted octanol–water partition coefficient (Wildman–Crippen LogP) is 4.76. The van der Waals surface area contributed by atoms with Gasteiger partial charge in [-0.15, -0.1) is 0 Å². The molecule has 1 N–H and O–H groups in total. The lowest BCUT2D eigenvalue weighted by atomic mass is 10.1. The molecule has 1 aromatic carbocycles. The van der Waals surface area contributed by atoms with Gasteiger partial charge in [0.05, 0.1) is 10.0 Å². The molecule has 0 atom stereocenters. The number of nitrogens with zero attached hydrogens (tertiary/aromatic N) is 1. The van der Waals surface area contributed by atoms with Gasteiger partial charge in [0.1, 0.15) is 5.03 Å². The first kappa shape index (κ1) is 14.6. The van der Waals surface area contributed by atoms with Crippen molar-refractivity contribution in [2.75, 3.05) is 0 Å². The van der Waals surface area contributed by atoms with E-state index in [2.05, 4.69) is 36.8 Å². The number of hydrogen-bond acceptors (Lipinski definition) is 3. The van der Waals surface area contributed by atoms with Gasteiger partial charge in [0.15, 0.2) is 0 Å². The fraction of sp³-hybridized carbons (Fsp3) is 0.0769. The summed E-state index contributed by atoms with van der Waals surface area (Å²) in [5, 5.41) is 9.90. The van der Waals surface area contributed by atoms with Gasteiger partial charge >= 0.3 is 5.97 Å². The van der Waals surface area contributed by atoms with Crippen LogP contribution in [0.3, 0.4) is 0 Å². The summed E-state index contributed by atoms with van der Waals surface area (Å²) in [6.07, 6.45) is 1.71. The second-order valence-corrected chi connectivity index (χ2v) is 6.66. The summed E-state index contributed by atoms with van der Waals surface area (Å²) in [5.74, 6) is -0.914. The molecule has 0 unspecified atom stereocenters. The van der Waals surface area contributed by atoms with Gasteiger partial charge in [-0.05, 0) is 62.5 Å². The first-order valence-corrected chi connectivity index (χ1v) is 7.70. The fourth-order valence-electron chi connectivity index (χ4n) is 1.48. The Morgan fingerprint density at radius 3 is 2.68 bits per heavy atom. The van der Waals surface area contributed by atoms with Crippen LogP contribution in [-0.2, 0) is 0 Å². The highest BCUT2D eigenvalue weighted by Gasteiger charge is 2.10. The largest absolute Gasteiger partial charge is 0.478 e. The zero-order valence-electron chi connectivity index (χ0n) is 9.85. The summed E-state index contributed by atoms with van der Waals surface area (Å²) in [7, 11) is 0. The molecule has 2 rings (SSSR count). The summed E-state index contributed by atoms with van der Waals surface area (Å²) >= 11 is 8.20. The van der Waals surface area contributed by atoms with Crippen LogP contribution in [0.4, 0.5) is 0 Å². The van der Waals surface area contributed by atoms with E-state index in [1.807, 2.05) is 12.1 Å². The second kappa shape index (κ2) is 6.07. The number of aromatic carboxylic acids is 1. The Kier molecular flexibility index (Phi) is 4.65. The molecule has 0 saturated heterocycles. The minimum atomic E-state index is -0.914. The SMILES string of the molecule is Cc1ccc(Sc2ncc(Br)cc2Br)cc1C(=O)O. The minimum absolute atomic E-state index is 0.318. The zero-order valence-corrected chi connectivity index (χ0v) is 13.8. The highest BCUT2D eigenvalue weighted by Crippen LogP contribution is 2.33. The van der Waals surface area contributed by atoms with Crippen LogP contribution in [0.15, 0.2) is 49.3 Å². The lowest BCUT2D eigenvalue weighted by Crippen LogP contribution is -1.99. The molecule has 0 amide bonds. The molecule has 1 aromatic heterocycles. The molecule has 0 fully saturated rings. The number of carboxylic acids is 1. The number of benzene rings is 1. The Balaban J connectivity index is 2.33. The lowest BCUT2D eigenvalue weighted by Gasteiger charge is -2.06. The second-order valence-electron chi connectivity index (χ2n) is 3.82. The van der Waals surface area contributed by atoms with Gasteiger partial charge in [0.25, 0.3) is 0 Å². The minimum Gasteiger partial charge on any atom is -0.478 e. The van der Waals surface area contributed by atoms with Crippen LogP contribution in [0.5, 0.6) is 0 Å². The molecule has 0 saturated carbocycles. The Labute approximate surface area is 131 Å². The van der Waals surface area contributed by atoms with Gasteiger partial charge in [0.2, 0.25) is 0 Å². The van der Waals surface area contributed by atoms with E-state index < -0.39 is 5.97 Å². The summed E-state index contributed by atoms with van der Waals surface area (Å²) in [6, 6.07) is 7.27. The van der Waals surface area contributed by atoms with Crippen LogP contribution in [-0.4, -0.2) is 16.1 Å². The molecule has 0 aliphatic carbocycles. The Hall–Kier alpha value is -0.850. The van der Waals surface area contributed by atoms with Gasteiger partial charge < -0.3 is 5.11 Å². The van der Waals surface area contributed by atoms with Gasteiger partial charge in [-0.2, -0.15) is 0 Å². The smallest absolute Gasteiger partial charge is 0.335 e. The molecule has 0 bridgehead atoms. The van der Waals surface area contributed by atoms with Crippen molar-refractivity contribution in [1.29, 1.82) is 0 Å². The third kappa shape index (κ3) is 3.58. The summed E-state index contributed by atoms with van der Waals surface area (Å²) in [6.45, 7) is 1.78. The van der Waals surface area contributed by atoms with Crippen LogP contribution in [0.25, 0.3) is 0 Å². The van der Waals surface area contributed by atoms with Crippen molar-refractivity contribution in [1.82, 2.24) is 4.98 Å². The Morgan fingerprint density at radius 1 is 1.32 bits per heavy atom. The summed E-state index contributed by atoms with van der Waals surface area (Å²) < 4.78 is 1.75. The monoisotopic (exact) mass is 401 g/mol. The van der Waals surface area contributed by atoms with Crippen molar-refractivity contribution in [3.05, 3.63) is 50.5 Å². The van der Waals surface area contributed by atoms with Gasteiger partial charge in [-0.1, -0.05) is 17.8 Å². The maximum atomic E-state index is 11.1. The molecule has 0 aliphatic heterocycles. The van der Waals surface area contributed by atoms with E-state index in [-0.39, 0.29) is 0 Å². The number of pyridine rings is 1. The number of carboxylic acid groups (broad SMARTS) is 1. The van der Waals surface area contributed by atoms with E-state index in [1.54, 1.807) is 25.3 Å². The van der Waals surface area contributed by atoms with Crippen LogP contribution < -0.4 is 0 Å². The van der Waals surface area contributed by atoms with Crippen molar-refractivity contribution in [2.45, 2.75) is 16.8 Å². The average Bonchev–Trinajstić information content (AvgIpc) is 2.34. The molecular formula is C13H9Br2NO2S. The first-order chi connectivity index (χ1) is 8.97. The average molecular weight is 403 g/mol. The van der Waals surface area contributed by atoms with Crippen LogP contribution in [0.2, 0.25) is 0 Å². The lowest BCUT2D eigenvalue weighted by molar-refractivity contribution is 0.0696. The molecule has 3 nitrogen and oxygen atoms in total. The molecule has 0 aliphatic rings. The highest BCUT2D eigenvalue weighted by atomic mass is 79.9. The van der Waals surface area contributed by atoms with E-state index in [1.165, 1.54) is 11.8 Å². The third-order valence-corrected chi connectivity index (χ3v) is 4.74. The van der Waals surface area contributed by atoms with Crippen molar-refractivity contribution in [3.63, 3.8) is 0 Å². The van der Waals surface area contributed by atoms with E-state index in [0.29, 0.717) is 5.56 Å². The number of hydrogen-bond donors (Lipinski definition) is 1. The first-order valence-electron chi connectivity index (χ1n) is 5.30. The van der Waals surface area contributed by atoms with Crippen molar-refractivity contribution < 1.29 is 9.90 Å². The van der Waals surface area contributed by atoms with E-state index >= 15 is 0 Å². The molecule has 19 heavy (non-hydrogen) atoms. The van der Waals surface area contributed by atoms with Crippen LogP contribution >= 0.6 is 43.6 Å². The maximum absolute atomic E-state index is 11.1.